The number of benzene rings is 1. The van der Waals surface area contributed by atoms with Crippen LogP contribution >= 0.6 is 0 Å². The number of aliphatic hydroxyl groups excluding tert-OH is 1. The number of hydrogen-bond donors (Lipinski definition) is 2. The van der Waals surface area contributed by atoms with E-state index in [1.165, 1.54) is 5.56 Å². The molecule has 0 aliphatic rings. The van der Waals surface area contributed by atoms with Crippen molar-refractivity contribution >= 4 is 0 Å². The van der Waals surface area contributed by atoms with E-state index in [0.717, 1.165) is 12.0 Å². The van der Waals surface area contributed by atoms with E-state index in [2.05, 4.69) is 0 Å². The van der Waals surface area contributed by atoms with E-state index in [4.69, 9.17) is 10.5 Å². The van der Waals surface area contributed by atoms with Crippen LogP contribution in [0.4, 0.5) is 0 Å². The maximum Gasteiger partial charge on any atom is 0.0541 e. The zero-order valence-corrected chi connectivity index (χ0v) is 10.1. The topological polar surface area (TPSA) is 55.5 Å². The molecule has 0 spiro atoms. The van der Waals surface area contributed by atoms with Gasteiger partial charge in [-0.15, -0.1) is 0 Å². The maximum absolute atomic E-state index is 9.59. The van der Waals surface area contributed by atoms with Crippen molar-refractivity contribution < 1.29 is 9.84 Å². The summed E-state index contributed by atoms with van der Waals surface area (Å²) in [5, 5.41) is 9.59. The fourth-order valence-corrected chi connectivity index (χ4v) is 1.80. The normalized spacial score (nSPS) is 14.8. The van der Waals surface area contributed by atoms with Gasteiger partial charge < -0.3 is 15.6 Å². The van der Waals surface area contributed by atoms with Gasteiger partial charge in [0.1, 0.15) is 0 Å². The molecule has 90 valence electrons. The minimum atomic E-state index is -0.371. The summed E-state index contributed by atoms with van der Waals surface area (Å²) in [5.74, 6) is 0. The van der Waals surface area contributed by atoms with Crippen molar-refractivity contribution in [3.63, 3.8) is 0 Å². The number of methoxy groups -OCH3 is 1. The average Bonchev–Trinajstić information content (AvgIpc) is 2.33. The Morgan fingerprint density at radius 2 is 1.94 bits per heavy atom. The molecule has 0 aliphatic carbocycles. The second-order valence-electron chi connectivity index (χ2n) is 4.25. The Hall–Kier alpha value is -0.900. The maximum atomic E-state index is 9.59. The number of rotatable bonds is 6. The lowest BCUT2D eigenvalue weighted by atomic mass is 9.78. The van der Waals surface area contributed by atoms with Gasteiger partial charge in [0.15, 0.2) is 0 Å². The fraction of sp³-hybridized carbons (Fsp3) is 0.538. The Labute approximate surface area is 97.2 Å². The molecular weight excluding hydrogens is 202 g/mol. The molecule has 1 aromatic rings. The average molecular weight is 223 g/mol. The molecule has 0 fully saturated rings. The van der Waals surface area contributed by atoms with Gasteiger partial charge in [0.2, 0.25) is 0 Å². The second-order valence-corrected chi connectivity index (χ2v) is 4.25. The van der Waals surface area contributed by atoms with Crippen molar-refractivity contribution in [3.8, 4) is 0 Å². The fourth-order valence-electron chi connectivity index (χ4n) is 1.80. The summed E-state index contributed by atoms with van der Waals surface area (Å²) >= 11 is 0. The number of ether oxygens (including phenoxy) is 1. The van der Waals surface area contributed by atoms with E-state index < -0.39 is 0 Å². The number of nitrogens with two attached hydrogens (primary N) is 1. The van der Waals surface area contributed by atoms with E-state index in [1.54, 1.807) is 7.11 Å². The number of hydrogen-bond acceptors (Lipinski definition) is 3. The van der Waals surface area contributed by atoms with Crippen LogP contribution < -0.4 is 5.73 Å². The lowest BCUT2D eigenvalue weighted by molar-refractivity contribution is 0.129. The van der Waals surface area contributed by atoms with Crippen LogP contribution in [0, 0.1) is 6.92 Å². The zero-order chi connectivity index (χ0) is 12.0. The third kappa shape index (κ3) is 2.82. The van der Waals surface area contributed by atoms with Crippen molar-refractivity contribution in [2.45, 2.75) is 18.8 Å². The number of aryl methyl sites for hydroxylation is 1. The van der Waals surface area contributed by atoms with Crippen LogP contribution in [0.1, 0.15) is 17.5 Å². The summed E-state index contributed by atoms with van der Waals surface area (Å²) in [6.45, 7) is 3.12. The molecule has 3 nitrogen and oxygen atoms in total. The van der Waals surface area contributed by atoms with Gasteiger partial charge in [-0.1, -0.05) is 29.8 Å². The van der Waals surface area contributed by atoms with E-state index in [1.807, 2.05) is 31.2 Å². The predicted molar refractivity (Wildman–Crippen MR) is 65.5 cm³/mol. The van der Waals surface area contributed by atoms with Crippen LogP contribution in [0.3, 0.4) is 0 Å². The summed E-state index contributed by atoms with van der Waals surface area (Å²) in [7, 11) is 1.66. The summed E-state index contributed by atoms with van der Waals surface area (Å²) < 4.78 is 5.08. The molecule has 1 atom stereocenters. The molecule has 1 unspecified atom stereocenters. The van der Waals surface area contributed by atoms with E-state index in [9.17, 15) is 5.11 Å². The molecule has 0 bridgehead atoms. The van der Waals surface area contributed by atoms with Crippen LogP contribution in [-0.4, -0.2) is 32.0 Å². The molecule has 16 heavy (non-hydrogen) atoms. The molecule has 0 aliphatic heterocycles. The third-order valence-corrected chi connectivity index (χ3v) is 3.14. The van der Waals surface area contributed by atoms with Crippen molar-refractivity contribution in [2.75, 3.05) is 26.9 Å². The number of aliphatic hydroxyl groups is 1. The van der Waals surface area contributed by atoms with Gasteiger partial charge in [-0.05, 0) is 18.9 Å². The van der Waals surface area contributed by atoms with Gasteiger partial charge in [0, 0.05) is 25.7 Å². The monoisotopic (exact) mass is 223 g/mol. The first-order valence-corrected chi connectivity index (χ1v) is 5.55. The van der Waals surface area contributed by atoms with Gasteiger partial charge >= 0.3 is 0 Å². The summed E-state index contributed by atoms with van der Waals surface area (Å²) in [6, 6.07) is 8.16. The van der Waals surface area contributed by atoms with Crippen molar-refractivity contribution in [1.82, 2.24) is 0 Å². The van der Waals surface area contributed by atoms with Crippen LogP contribution in [0.15, 0.2) is 24.3 Å². The third-order valence-electron chi connectivity index (χ3n) is 3.14. The highest BCUT2D eigenvalue weighted by Gasteiger charge is 2.29. The van der Waals surface area contributed by atoms with Gasteiger partial charge in [-0.25, -0.2) is 0 Å². The summed E-state index contributed by atoms with van der Waals surface area (Å²) in [4.78, 5) is 0. The first kappa shape index (κ1) is 13.2. The first-order chi connectivity index (χ1) is 7.68. The van der Waals surface area contributed by atoms with Gasteiger partial charge in [-0.3, -0.25) is 0 Å². The molecule has 0 saturated carbocycles. The standard InChI is InChI=1S/C13H21NO2/c1-11-3-5-12(6-4-11)13(9-14,10-15)7-8-16-2/h3-6,15H,7-10,14H2,1-2H3. The zero-order valence-electron chi connectivity index (χ0n) is 10.1. The highest BCUT2D eigenvalue weighted by molar-refractivity contribution is 5.29. The Morgan fingerprint density at radius 1 is 1.31 bits per heavy atom. The lowest BCUT2D eigenvalue weighted by Crippen LogP contribution is -2.39. The van der Waals surface area contributed by atoms with Gasteiger partial charge in [-0.2, -0.15) is 0 Å². The quantitative estimate of drug-likeness (QED) is 0.762. The molecular formula is C13H21NO2. The van der Waals surface area contributed by atoms with Gasteiger partial charge in [0.05, 0.1) is 6.61 Å². The van der Waals surface area contributed by atoms with Crippen LogP contribution in [-0.2, 0) is 10.2 Å². The predicted octanol–water partition coefficient (Wildman–Crippen LogP) is 1.22. The summed E-state index contributed by atoms with van der Waals surface area (Å²) in [5.41, 5.74) is 7.73. The highest BCUT2D eigenvalue weighted by atomic mass is 16.5. The Kier molecular flexibility index (Phi) is 4.93. The van der Waals surface area contributed by atoms with E-state index in [0.29, 0.717) is 13.2 Å². The Morgan fingerprint density at radius 3 is 2.38 bits per heavy atom. The van der Waals surface area contributed by atoms with Crippen LogP contribution in [0.2, 0.25) is 0 Å². The molecule has 0 heterocycles. The molecule has 0 aromatic heterocycles. The molecule has 3 N–H and O–H groups in total. The first-order valence-electron chi connectivity index (χ1n) is 5.55. The smallest absolute Gasteiger partial charge is 0.0541 e. The van der Waals surface area contributed by atoms with Crippen LogP contribution in [0.5, 0.6) is 0 Å². The van der Waals surface area contributed by atoms with Gasteiger partial charge in [0.25, 0.3) is 0 Å². The summed E-state index contributed by atoms with van der Waals surface area (Å²) in [6.07, 6.45) is 0.736. The van der Waals surface area contributed by atoms with E-state index in [-0.39, 0.29) is 12.0 Å². The SMILES string of the molecule is COCCC(CN)(CO)c1ccc(C)cc1. The molecule has 1 rings (SSSR count). The minimum Gasteiger partial charge on any atom is -0.395 e. The Balaban J connectivity index is 2.95. The molecule has 0 radical (unpaired) electrons. The second kappa shape index (κ2) is 5.99. The van der Waals surface area contributed by atoms with E-state index >= 15 is 0 Å². The molecule has 0 amide bonds. The van der Waals surface area contributed by atoms with Crippen molar-refractivity contribution in [1.29, 1.82) is 0 Å². The van der Waals surface area contributed by atoms with Crippen molar-refractivity contribution in [3.05, 3.63) is 35.4 Å². The molecule has 0 saturated heterocycles. The largest absolute Gasteiger partial charge is 0.395 e. The minimum absolute atomic E-state index is 0.0515. The Bertz CT molecular complexity index is 304. The van der Waals surface area contributed by atoms with Crippen molar-refractivity contribution in [2.24, 2.45) is 5.73 Å². The molecule has 1 aromatic carbocycles. The molecule has 3 heteroatoms. The highest BCUT2D eigenvalue weighted by Crippen LogP contribution is 2.27. The lowest BCUT2D eigenvalue weighted by Gasteiger charge is -2.31. The van der Waals surface area contributed by atoms with Crippen LogP contribution in [0.25, 0.3) is 0 Å².